The molecule has 2 aromatic carbocycles. The molecule has 0 fully saturated rings. The van der Waals surface area contributed by atoms with Crippen LogP contribution in [0.15, 0.2) is 27.8 Å². The van der Waals surface area contributed by atoms with Gasteiger partial charge in [-0.3, -0.25) is 9.59 Å². The van der Waals surface area contributed by atoms with Gasteiger partial charge < -0.3 is 10.6 Å². The van der Waals surface area contributed by atoms with Crippen LogP contribution in [0.25, 0.3) is 0 Å². The Hall–Kier alpha value is -2.10. The van der Waals surface area contributed by atoms with Crippen molar-refractivity contribution in [3.8, 4) is 0 Å². The number of benzene rings is 1. The average molecular weight is 286 g/mol. The van der Waals surface area contributed by atoms with Gasteiger partial charge in [0, 0.05) is 12.1 Å². The average Bonchev–Trinajstić information content (AvgIpc) is 2.38. The fraction of sp³-hybridized carbons (Fsp3) is 0.412. The van der Waals surface area contributed by atoms with E-state index in [9.17, 15) is 9.59 Å². The van der Waals surface area contributed by atoms with Crippen LogP contribution in [-0.2, 0) is 6.54 Å². The summed E-state index contributed by atoms with van der Waals surface area (Å²) in [4.78, 5) is 23.4. The van der Waals surface area contributed by atoms with Crippen molar-refractivity contribution in [3.63, 3.8) is 0 Å². The fourth-order valence-electron chi connectivity index (χ4n) is 2.28. The molecule has 0 spiro atoms. The van der Waals surface area contributed by atoms with Gasteiger partial charge in [-0.1, -0.05) is 23.8 Å². The molecule has 0 aromatic heterocycles. The van der Waals surface area contributed by atoms with Crippen LogP contribution in [0.5, 0.6) is 0 Å². The summed E-state index contributed by atoms with van der Waals surface area (Å²) in [5.74, 6) is 0. The van der Waals surface area contributed by atoms with Gasteiger partial charge in [0.25, 0.3) is 10.9 Å². The Morgan fingerprint density at radius 3 is 2.19 bits per heavy atom. The number of nitrogens with one attached hydrogen (secondary N) is 2. The third-order valence-corrected chi connectivity index (χ3v) is 3.36. The summed E-state index contributed by atoms with van der Waals surface area (Å²) in [5, 5.41) is 6.19. The number of rotatable bonds is 4. The summed E-state index contributed by atoms with van der Waals surface area (Å²) >= 11 is 0. The van der Waals surface area contributed by atoms with Crippen molar-refractivity contribution in [2.24, 2.45) is 0 Å². The van der Waals surface area contributed by atoms with Crippen molar-refractivity contribution in [3.05, 3.63) is 55.3 Å². The molecule has 0 saturated carbocycles. The van der Waals surface area contributed by atoms with Gasteiger partial charge in [-0.2, -0.15) is 0 Å². The maximum absolute atomic E-state index is 11.7. The zero-order valence-electron chi connectivity index (χ0n) is 13.3. The second-order valence-corrected chi connectivity index (χ2v) is 6.57. The van der Waals surface area contributed by atoms with Gasteiger partial charge in [-0.15, -0.1) is 0 Å². The van der Waals surface area contributed by atoms with E-state index in [0.717, 1.165) is 5.56 Å². The lowest BCUT2D eigenvalue weighted by Gasteiger charge is -2.25. The number of aryl methyl sites for hydroxylation is 2. The monoisotopic (exact) mass is 286 g/mol. The summed E-state index contributed by atoms with van der Waals surface area (Å²) in [6, 6.07) is 6.19. The minimum atomic E-state index is -0.438. The molecule has 0 bridgehead atoms. The Balaban J connectivity index is 2.16. The highest BCUT2D eigenvalue weighted by molar-refractivity contribution is 5.74. The zero-order valence-corrected chi connectivity index (χ0v) is 13.3. The van der Waals surface area contributed by atoms with Gasteiger partial charge in [0.2, 0.25) is 0 Å². The van der Waals surface area contributed by atoms with Crippen molar-refractivity contribution >= 4 is 11.4 Å². The minimum Gasteiger partial charge on any atom is -0.376 e. The quantitative estimate of drug-likeness (QED) is 0.849. The van der Waals surface area contributed by atoms with Gasteiger partial charge in [0.1, 0.15) is 11.4 Å². The lowest BCUT2D eigenvalue weighted by Crippen LogP contribution is -2.41. The smallest absolute Gasteiger partial charge is 0.253 e. The largest absolute Gasteiger partial charge is 0.376 e. The maximum Gasteiger partial charge on any atom is 0.253 e. The van der Waals surface area contributed by atoms with Crippen LogP contribution >= 0.6 is 0 Å². The van der Waals surface area contributed by atoms with Crippen molar-refractivity contribution in [1.29, 1.82) is 0 Å². The molecular formula is C17H22N2O2. The Kier molecular flexibility index (Phi) is 3.90. The molecule has 2 N–H and O–H groups in total. The second-order valence-electron chi connectivity index (χ2n) is 6.57. The van der Waals surface area contributed by atoms with Crippen LogP contribution in [0.3, 0.4) is 0 Å². The topological polar surface area (TPSA) is 58.2 Å². The molecule has 0 saturated heterocycles. The van der Waals surface area contributed by atoms with Gasteiger partial charge in [-0.25, -0.2) is 0 Å². The predicted molar refractivity (Wildman–Crippen MR) is 88.0 cm³/mol. The van der Waals surface area contributed by atoms with E-state index in [-0.39, 0.29) is 5.54 Å². The zero-order chi connectivity index (χ0) is 15.8. The molecule has 4 heteroatoms. The molecule has 0 unspecified atom stereocenters. The summed E-state index contributed by atoms with van der Waals surface area (Å²) in [6.45, 7) is 10.5. The summed E-state index contributed by atoms with van der Waals surface area (Å²) in [7, 11) is 0. The molecule has 0 aliphatic rings. The molecule has 0 radical (unpaired) electrons. The summed E-state index contributed by atoms with van der Waals surface area (Å²) < 4.78 is 0. The van der Waals surface area contributed by atoms with Crippen molar-refractivity contribution in [1.82, 2.24) is 0 Å². The Morgan fingerprint density at radius 1 is 1.00 bits per heavy atom. The van der Waals surface area contributed by atoms with Crippen LogP contribution in [0.4, 0.5) is 11.4 Å². The molecular weight excluding hydrogens is 264 g/mol. The molecule has 4 nitrogen and oxygen atoms in total. The Bertz CT molecular complexity index is 732. The Labute approximate surface area is 124 Å². The van der Waals surface area contributed by atoms with Gasteiger partial charge >= 0.3 is 0 Å². The number of hydrogen-bond donors (Lipinski definition) is 2. The maximum atomic E-state index is 11.7. The highest BCUT2D eigenvalue weighted by Crippen LogP contribution is 2.20. The molecule has 21 heavy (non-hydrogen) atoms. The second kappa shape index (κ2) is 5.35. The molecule has 0 amide bonds. The Morgan fingerprint density at radius 2 is 1.62 bits per heavy atom. The first-order chi connectivity index (χ1) is 9.69. The van der Waals surface area contributed by atoms with Crippen LogP contribution < -0.4 is 21.5 Å². The van der Waals surface area contributed by atoms with E-state index in [1.807, 2.05) is 46.8 Å². The minimum absolute atomic E-state index is 0.252. The molecule has 0 heterocycles. The van der Waals surface area contributed by atoms with Crippen molar-refractivity contribution in [2.75, 3.05) is 10.6 Å². The van der Waals surface area contributed by atoms with E-state index in [0.29, 0.717) is 17.9 Å². The fourth-order valence-corrected chi connectivity index (χ4v) is 2.28. The predicted octanol–water partition coefficient (Wildman–Crippen LogP) is 2.72. The molecule has 2 aromatic rings. The van der Waals surface area contributed by atoms with E-state index in [2.05, 4.69) is 16.7 Å². The normalized spacial score (nSPS) is 11.7. The van der Waals surface area contributed by atoms with Crippen LogP contribution in [0.2, 0.25) is 0 Å². The van der Waals surface area contributed by atoms with E-state index in [1.54, 1.807) is 0 Å². The third kappa shape index (κ3) is 3.32. The van der Waals surface area contributed by atoms with Crippen LogP contribution in [-0.4, -0.2) is 5.54 Å². The summed E-state index contributed by atoms with van der Waals surface area (Å²) in [6.07, 6.45) is 0. The highest BCUT2D eigenvalue weighted by Gasteiger charge is 2.24. The van der Waals surface area contributed by atoms with Crippen LogP contribution in [0.1, 0.15) is 37.5 Å². The standard InChI is InChI=1S/C17H22N2O2/c1-10-6-7-12(11(2)8-10)9-18-13-14(16(21)15(13)20)19-17(3,4)5/h6-8,18-19H,9H2,1-5H3. The molecule has 112 valence electrons. The van der Waals surface area contributed by atoms with Crippen molar-refractivity contribution in [2.45, 2.75) is 46.7 Å². The van der Waals surface area contributed by atoms with E-state index >= 15 is 0 Å². The third-order valence-electron chi connectivity index (χ3n) is 3.36. The van der Waals surface area contributed by atoms with E-state index in [4.69, 9.17) is 0 Å². The van der Waals surface area contributed by atoms with E-state index < -0.39 is 10.9 Å². The first-order valence-corrected chi connectivity index (χ1v) is 7.10. The van der Waals surface area contributed by atoms with Gasteiger partial charge in [0.15, 0.2) is 0 Å². The van der Waals surface area contributed by atoms with Gasteiger partial charge in [-0.05, 0) is 45.7 Å². The lowest BCUT2D eigenvalue weighted by atomic mass is 10.0. The molecule has 0 aliphatic heterocycles. The first kappa shape index (κ1) is 15.3. The van der Waals surface area contributed by atoms with Crippen LogP contribution in [0, 0.1) is 13.8 Å². The molecule has 2 rings (SSSR count). The van der Waals surface area contributed by atoms with Gasteiger partial charge in [0.05, 0.1) is 0 Å². The van der Waals surface area contributed by atoms with E-state index in [1.165, 1.54) is 11.1 Å². The summed E-state index contributed by atoms with van der Waals surface area (Å²) in [5.41, 5.74) is 3.17. The highest BCUT2D eigenvalue weighted by atomic mass is 16.2. The van der Waals surface area contributed by atoms with Crippen molar-refractivity contribution < 1.29 is 0 Å². The number of hydrogen-bond acceptors (Lipinski definition) is 4. The molecule has 0 aliphatic carbocycles. The SMILES string of the molecule is Cc1ccc(CNc2c(NC(C)(C)C)c(=O)c2=O)c(C)c1. The molecule has 0 atom stereocenters. The lowest BCUT2D eigenvalue weighted by molar-refractivity contribution is 0.632. The first-order valence-electron chi connectivity index (χ1n) is 7.10. The number of anilines is 2.